The minimum Gasteiger partial charge on any atom is -0.493 e. The molecule has 7 heteroatoms. The summed E-state index contributed by atoms with van der Waals surface area (Å²) in [4.78, 5) is 4.18. The van der Waals surface area contributed by atoms with Gasteiger partial charge in [-0.05, 0) is 18.2 Å². The lowest BCUT2D eigenvalue weighted by Gasteiger charge is -2.15. The molecule has 0 aliphatic rings. The van der Waals surface area contributed by atoms with E-state index in [1.54, 1.807) is 27.5 Å². The first-order valence-electron chi connectivity index (χ1n) is 6.95. The van der Waals surface area contributed by atoms with E-state index in [4.69, 9.17) is 13.9 Å². The van der Waals surface area contributed by atoms with Crippen molar-refractivity contribution in [2.75, 3.05) is 21.3 Å². The van der Waals surface area contributed by atoms with Crippen LogP contribution in [0.5, 0.6) is 11.5 Å². The van der Waals surface area contributed by atoms with Gasteiger partial charge in [0.1, 0.15) is 5.76 Å². The van der Waals surface area contributed by atoms with Gasteiger partial charge in [0.25, 0.3) is 0 Å². The number of benzene rings is 1. The molecule has 1 aromatic heterocycles. The third-order valence-corrected chi connectivity index (χ3v) is 3.16. The first kappa shape index (κ1) is 19.1. The average Bonchev–Trinajstić information content (AvgIpc) is 3.08. The first-order chi connectivity index (χ1) is 10.8. The van der Waals surface area contributed by atoms with Gasteiger partial charge in [-0.3, -0.25) is 4.99 Å². The Morgan fingerprint density at radius 2 is 1.87 bits per heavy atom. The lowest BCUT2D eigenvalue weighted by atomic mass is 10.2. The molecule has 1 heterocycles. The maximum Gasteiger partial charge on any atom is 0.191 e. The SMILES string of the molecule is CN=C(NCc1ccco1)NCc1cccc(OC)c1OC.I. The van der Waals surface area contributed by atoms with Crippen LogP contribution in [0.2, 0.25) is 0 Å². The second-order valence-electron chi connectivity index (χ2n) is 4.51. The van der Waals surface area contributed by atoms with Gasteiger partial charge in [0.05, 0.1) is 27.0 Å². The summed E-state index contributed by atoms with van der Waals surface area (Å²) in [5.41, 5.74) is 0.989. The molecular formula is C16H22IN3O3. The number of methoxy groups -OCH3 is 2. The van der Waals surface area contributed by atoms with Crippen molar-refractivity contribution in [1.29, 1.82) is 0 Å². The van der Waals surface area contributed by atoms with Crippen molar-refractivity contribution in [3.05, 3.63) is 47.9 Å². The number of nitrogens with one attached hydrogen (secondary N) is 2. The Morgan fingerprint density at radius 3 is 2.48 bits per heavy atom. The summed E-state index contributed by atoms with van der Waals surface area (Å²) in [7, 11) is 4.98. The fourth-order valence-corrected chi connectivity index (χ4v) is 2.08. The minimum absolute atomic E-state index is 0. The standard InChI is InChI=1S/C16H21N3O3.HI/c1-17-16(19-11-13-7-5-9-22-13)18-10-12-6-4-8-14(20-2)15(12)21-3;/h4-9H,10-11H2,1-3H3,(H2,17,18,19);1H. The number of nitrogens with zero attached hydrogens (tertiary/aromatic N) is 1. The molecule has 2 N–H and O–H groups in total. The van der Waals surface area contributed by atoms with Crippen LogP contribution in [0.4, 0.5) is 0 Å². The van der Waals surface area contributed by atoms with Gasteiger partial charge in [-0.15, -0.1) is 24.0 Å². The Hall–Kier alpha value is -1.90. The molecule has 0 unspecified atom stereocenters. The molecule has 0 radical (unpaired) electrons. The largest absolute Gasteiger partial charge is 0.493 e. The van der Waals surface area contributed by atoms with Crippen molar-refractivity contribution in [3.63, 3.8) is 0 Å². The summed E-state index contributed by atoms with van der Waals surface area (Å²) in [6.45, 7) is 1.14. The summed E-state index contributed by atoms with van der Waals surface area (Å²) < 4.78 is 16.0. The Bertz CT molecular complexity index is 615. The van der Waals surface area contributed by atoms with Crippen LogP contribution < -0.4 is 20.1 Å². The van der Waals surface area contributed by atoms with Gasteiger partial charge in [-0.25, -0.2) is 0 Å². The van der Waals surface area contributed by atoms with Crippen LogP contribution in [-0.2, 0) is 13.1 Å². The van der Waals surface area contributed by atoms with Gasteiger partial charge >= 0.3 is 0 Å². The number of para-hydroxylation sites is 1. The van der Waals surface area contributed by atoms with Crippen LogP contribution in [0.25, 0.3) is 0 Å². The smallest absolute Gasteiger partial charge is 0.191 e. The summed E-state index contributed by atoms with van der Waals surface area (Å²) in [5, 5.41) is 6.42. The lowest BCUT2D eigenvalue weighted by Crippen LogP contribution is -2.36. The fraction of sp³-hybridized carbons (Fsp3) is 0.312. The zero-order chi connectivity index (χ0) is 15.8. The molecule has 0 saturated carbocycles. The third-order valence-electron chi connectivity index (χ3n) is 3.16. The molecule has 0 saturated heterocycles. The fourth-order valence-electron chi connectivity index (χ4n) is 2.08. The Labute approximate surface area is 153 Å². The molecule has 23 heavy (non-hydrogen) atoms. The van der Waals surface area contributed by atoms with E-state index < -0.39 is 0 Å². The van der Waals surface area contributed by atoms with Crippen LogP contribution in [-0.4, -0.2) is 27.2 Å². The second kappa shape index (κ2) is 9.98. The zero-order valence-corrected chi connectivity index (χ0v) is 15.8. The van der Waals surface area contributed by atoms with E-state index in [1.165, 1.54) is 0 Å². The van der Waals surface area contributed by atoms with E-state index in [-0.39, 0.29) is 24.0 Å². The van der Waals surface area contributed by atoms with E-state index in [1.807, 2.05) is 30.3 Å². The van der Waals surface area contributed by atoms with Crippen LogP contribution in [0.1, 0.15) is 11.3 Å². The normalized spacial score (nSPS) is 10.7. The lowest BCUT2D eigenvalue weighted by molar-refractivity contribution is 0.351. The molecule has 0 aliphatic heterocycles. The molecule has 0 spiro atoms. The molecule has 0 aliphatic carbocycles. The number of hydrogen-bond acceptors (Lipinski definition) is 4. The second-order valence-corrected chi connectivity index (χ2v) is 4.51. The van der Waals surface area contributed by atoms with Crippen molar-refractivity contribution in [2.24, 2.45) is 4.99 Å². The van der Waals surface area contributed by atoms with Crippen molar-refractivity contribution in [1.82, 2.24) is 10.6 Å². The number of halogens is 1. The van der Waals surface area contributed by atoms with Crippen molar-refractivity contribution in [2.45, 2.75) is 13.1 Å². The maximum atomic E-state index is 5.41. The molecule has 2 aromatic rings. The summed E-state index contributed by atoms with van der Waals surface area (Å²) >= 11 is 0. The number of aliphatic imine (C=N–C) groups is 1. The summed E-state index contributed by atoms with van der Waals surface area (Å²) in [5.74, 6) is 2.96. The molecule has 0 atom stereocenters. The van der Waals surface area contributed by atoms with Crippen LogP contribution in [0.15, 0.2) is 46.0 Å². The molecule has 6 nitrogen and oxygen atoms in total. The van der Waals surface area contributed by atoms with Crippen molar-refractivity contribution < 1.29 is 13.9 Å². The van der Waals surface area contributed by atoms with E-state index in [0.717, 1.165) is 17.1 Å². The van der Waals surface area contributed by atoms with Crippen LogP contribution in [0.3, 0.4) is 0 Å². The zero-order valence-electron chi connectivity index (χ0n) is 13.5. The van der Waals surface area contributed by atoms with E-state index in [9.17, 15) is 0 Å². The Balaban J connectivity index is 0.00000264. The number of furan rings is 1. The van der Waals surface area contributed by atoms with Gasteiger partial charge in [0.15, 0.2) is 17.5 Å². The molecule has 1 aromatic carbocycles. The highest BCUT2D eigenvalue weighted by molar-refractivity contribution is 14.0. The Morgan fingerprint density at radius 1 is 1.09 bits per heavy atom. The first-order valence-corrected chi connectivity index (χ1v) is 6.95. The monoisotopic (exact) mass is 431 g/mol. The van der Waals surface area contributed by atoms with Gasteiger partial charge in [-0.1, -0.05) is 12.1 Å². The molecule has 126 valence electrons. The average molecular weight is 431 g/mol. The summed E-state index contributed by atoms with van der Waals surface area (Å²) in [6.07, 6.45) is 1.65. The highest BCUT2D eigenvalue weighted by Crippen LogP contribution is 2.30. The molecular weight excluding hydrogens is 409 g/mol. The van der Waals surface area contributed by atoms with E-state index >= 15 is 0 Å². The highest BCUT2D eigenvalue weighted by atomic mass is 127. The topological polar surface area (TPSA) is 68.0 Å². The maximum absolute atomic E-state index is 5.41. The van der Waals surface area contributed by atoms with Gasteiger partial charge in [-0.2, -0.15) is 0 Å². The predicted octanol–water partition coefficient (Wildman–Crippen LogP) is 2.78. The van der Waals surface area contributed by atoms with E-state index in [0.29, 0.717) is 24.8 Å². The van der Waals surface area contributed by atoms with Crippen LogP contribution in [0, 0.1) is 0 Å². The Kier molecular flexibility index (Phi) is 8.31. The number of guanidine groups is 1. The molecule has 0 fully saturated rings. The number of hydrogen-bond donors (Lipinski definition) is 2. The molecule has 0 amide bonds. The van der Waals surface area contributed by atoms with E-state index in [2.05, 4.69) is 15.6 Å². The van der Waals surface area contributed by atoms with Crippen molar-refractivity contribution >= 4 is 29.9 Å². The van der Waals surface area contributed by atoms with Gasteiger partial charge < -0.3 is 24.5 Å². The van der Waals surface area contributed by atoms with Gasteiger partial charge in [0.2, 0.25) is 0 Å². The highest BCUT2D eigenvalue weighted by Gasteiger charge is 2.09. The molecule has 2 rings (SSSR count). The summed E-state index contributed by atoms with van der Waals surface area (Å²) in [6, 6.07) is 9.54. The van der Waals surface area contributed by atoms with Gasteiger partial charge in [0, 0.05) is 19.2 Å². The minimum atomic E-state index is 0. The van der Waals surface area contributed by atoms with Crippen molar-refractivity contribution in [3.8, 4) is 11.5 Å². The quantitative estimate of drug-likeness (QED) is 0.419. The number of ether oxygens (including phenoxy) is 2. The predicted molar refractivity (Wildman–Crippen MR) is 101 cm³/mol. The van der Waals surface area contributed by atoms with Crippen LogP contribution >= 0.6 is 24.0 Å². The number of rotatable bonds is 6. The molecule has 0 bridgehead atoms. The third kappa shape index (κ3) is 5.34.